The summed E-state index contributed by atoms with van der Waals surface area (Å²) in [5.74, 6) is 0.161. The van der Waals surface area contributed by atoms with E-state index in [1.165, 1.54) is 38.4 Å². The number of rotatable bonds is 6. The van der Waals surface area contributed by atoms with Gasteiger partial charge in [0.25, 0.3) is 0 Å². The van der Waals surface area contributed by atoms with Gasteiger partial charge >= 0.3 is 5.97 Å². The summed E-state index contributed by atoms with van der Waals surface area (Å²) >= 11 is 0. The molecule has 20 heavy (non-hydrogen) atoms. The highest BCUT2D eigenvalue weighted by atomic mass is 16.4. The van der Waals surface area contributed by atoms with E-state index >= 15 is 0 Å². The van der Waals surface area contributed by atoms with E-state index in [1.807, 2.05) is 0 Å². The molecule has 0 bridgehead atoms. The monoisotopic (exact) mass is 277 g/mol. The molecule has 110 valence electrons. The minimum absolute atomic E-state index is 0.0821. The van der Waals surface area contributed by atoms with Gasteiger partial charge in [0.1, 0.15) is 5.82 Å². The average Bonchev–Trinajstić information content (AvgIpc) is 2.46. The van der Waals surface area contributed by atoms with Gasteiger partial charge < -0.3 is 15.3 Å². The molecule has 1 aromatic heterocycles. The van der Waals surface area contributed by atoms with E-state index in [0.717, 1.165) is 13.1 Å². The van der Waals surface area contributed by atoms with Gasteiger partial charge in [-0.15, -0.1) is 0 Å². The second-order valence-corrected chi connectivity index (χ2v) is 5.56. The third-order valence-corrected chi connectivity index (χ3v) is 3.62. The van der Waals surface area contributed by atoms with E-state index in [0.29, 0.717) is 11.7 Å². The highest BCUT2D eigenvalue weighted by molar-refractivity contribution is 5.85. The molecule has 1 aliphatic rings. The first-order valence-corrected chi connectivity index (χ1v) is 7.32. The molecular formula is C15H23N3O2. The number of aromatic carboxylic acids is 1. The summed E-state index contributed by atoms with van der Waals surface area (Å²) in [6, 6.07) is 5.03. The summed E-state index contributed by atoms with van der Waals surface area (Å²) in [6.07, 6.45) is 3.97. The molecule has 0 amide bonds. The number of likely N-dealkylation sites (tertiary alicyclic amines) is 1. The van der Waals surface area contributed by atoms with Crippen molar-refractivity contribution in [1.82, 2.24) is 9.88 Å². The summed E-state index contributed by atoms with van der Waals surface area (Å²) in [7, 11) is 0. The van der Waals surface area contributed by atoms with Crippen molar-refractivity contribution in [2.75, 3.05) is 31.5 Å². The van der Waals surface area contributed by atoms with Crippen LogP contribution in [0.5, 0.6) is 0 Å². The minimum atomic E-state index is -0.991. The Morgan fingerprint density at radius 2 is 2.15 bits per heavy atom. The fraction of sp³-hybridized carbons (Fsp3) is 0.600. The predicted molar refractivity (Wildman–Crippen MR) is 79.1 cm³/mol. The minimum Gasteiger partial charge on any atom is -0.477 e. The zero-order chi connectivity index (χ0) is 14.4. The molecule has 2 rings (SSSR count). The molecule has 1 atom stereocenters. The highest BCUT2D eigenvalue weighted by Crippen LogP contribution is 2.12. The Kier molecular flexibility index (Phi) is 5.35. The first kappa shape index (κ1) is 14.8. The lowest BCUT2D eigenvalue weighted by atomic mass is 10.1. The molecule has 0 aromatic carbocycles. The standard InChI is InChI=1S/C15H23N3O2/c1-12(11-18-8-3-2-4-9-18)10-16-14-7-5-6-13(17-14)15(19)20/h5-7,12H,2-4,8-11H2,1H3,(H,16,17)(H,19,20). The van der Waals surface area contributed by atoms with Gasteiger partial charge in [-0.25, -0.2) is 9.78 Å². The zero-order valence-electron chi connectivity index (χ0n) is 12.0. The normalized spacial score (nSPS) is 17.6. The summed E-state index contributed by atoms with van der Waals surface area (Å²) < 4.78 is 0. The number of carbonyl (C=O) groups is 1. The van der Waals surface area contributed by atoms with Gasteiger partial charge in [-0.2, -0.15) is 0 Å². The van der Waals surface area contributed by atoms with Crippen molar-refractivity contribution in [3.05, 3.63) is 23.9 Å². The largest absolute Gasteiger partial charge is 0.477 e. The van der Waals surface area contributed by atoms with Gasteiger partial charge in [-0.05, 0) is 44.0 Å². The van der Waals surface area contributed by atoms with Gasteiger partial charge in [-0.3, -0.25) is 0 Å². The number of nitrogens with one attached hydrogen (secondary N) is 1. The van der Waals surface area contributed by atoms with E-state index in [9.17, 15) is 4.79 Å². The van der Waals surface area contributed by atoms with Crippen LogP contribution in [0.1, 0.15) is 36.7 Å². The molecule has 5 nitrogen and oxygen atoms in total. The van der Waals surface area contributed by atoms with E-state index in [-0.39, 0.29) is 5.69 Å². The van der Waals surface area contributed by atoms with Crippen molar-refractivity contribution in [3.63, 3.8) is 0 Å². The molecule has 2 N–H and O–H groups in total. The lowest BCUT2D eigenvalue weighted by Gasteiger charge is -2.29. The number of aromatic nitrogens is 1. The topological polar surface area (TPSA) is 65.5 Å². The maximum atomic E-state index is 10.9. The number of pyridine rings is 1. The van der Waals surface area contributed by atoms with Crippen molar-refractivity contribution in [2.45, 2.75) is 26.2 Å². The fourth-order valence-corrected chi connectivity index (χ4v) is 2.58. The Balaban J connectivity index is 1.78. The summed E-state index contributed by atoms with van der Waals surface area (Å²) in [5, 5.41) is 12.1. The first-order valence-electron chi connectivity index (χ1n) is 7.32. The van der Waals surface area contributed by atoms with Gasteiger partial charge in [0, 0.05) is 13.1 Å². The van der Waals surface area contributed by atoms with Crippen LogP contribution in [0.15, 0.2) is 18.2 Å². The molecule has 1 aromatic rings. The van der Waals surface area contributed by atoms with Crippen molar-refractivity contribution in [1.29, 1.82) is 0 Å². The lowest BCUT2D eigenvalue weighted by molar-refractivity contribution is 0.0690. The molecule has 5 heteroatoms. The number of hydrogen-bond acceptors (Lipinski definition) is 4. The van der Waals surface area contributed by atoms with Gasteiger partial charge in [-0.1, -0.05) is 19.4 Å². The zero-order valence-corrected chi connectivity index (χ0v) is 12.0. The smallest absolute Gasteiger partial charge is 0.354 e. The molecule has 2 heterocycles. The van der Waals surface area contributed by atoms with E-state index < -0.39 is 5.97 Å². The van der Waals surface area contributed by atoms with Crippen LogP contribution in [-0.4, -0.2) is 47.1 Å². The van der Waals surface area contributed by atoms with Gasteiger partial charge in [0.15, 0.2) is 5.69 Å². The first-order chi connectivity index (χ1) is 9.65. The van der Waals surface area contributed by atoms with Crippen LogP contribution in [0, 0.1) is 5.92 Å². The Morgan fingerprint density at radius 3 is 2.85 bits per heavy atom. The Hall–Kier alpha value is -1.62. The fourth-order valence-electron chi connectivity index (χ4n) is 2.58. The number of carboxylic acids is 1. The average molecular weight is 277 g/mol. The third-order valence-electron chi connectivity index (χ3n) is 3.62. The second-order valence-electron chi connectivity index (χ2n) is 5.56. The quantitative estimate of drug-likeness (QED) is 0.835. The summed E-state index contributed by atoms with van der Waals surface area (Å²) in [6.45, 7) is 6.52. The molecule has 0 radical (unpaired) electrons. The molecule has 0 spiro atoms. The molecule has 1 unspecified atom stereocenters. The van der Waals surface area contributed by atoms with Crippen LogP contribution in [0.25, 0.3) is 0 Å². The number of hydrogen-bond donors (Lipinski definition) is 2. The molecule has 0 aliphatic carbocycles. The van der Waals surface area contributed by atoms with Crippen molar-refractivity contribution in [3.8, 4) is 0 Å². The van der Waals surface area contributed by atoms with Crippen LogP contribution in [-0.2, 0) is 0 Å². The Labute approximate surface area is 120 Å². The lowest BCUT2D eigenvalue weighted by Crippen LogP contribution is -2.35. The van der Waals surface area contributed by atoms with E-state index in [2.05, 4.69) is 22.1 Å². The molecule has 1 aliphatic heterocycles. The summed E-state index contributed by atoms with van der Waals surface area (Å²) in [5.41, 5.74) is 0.0821. The van der Waals surface area contributed by atoms with Crippen molar-refractivity contribution < 1.29 is 9.90 Å². The summed E-state index contributed by atoms with van der Waals surface area (Å²) in [4.78, 5) is 17.4. The molecule has 0 saturated carbocycles. The Bertz CT molecular complexity index is 444. The van der Waals surface area contributed by atoms with Crippen molar-refractivity contribution >= 4 is 11.8 Å². The van der Waals surface area contributed by atoms with Gasteiger partial charge in [0.2, 0.25) is 0 Å². The highest BCUT2D eigenvalue weighted by Gasteiger charge is 2.13. The second kappa shape index (κ2) is 7.24. The number of nitrogens with zero attached hydrogens (tertiary/aromatic N) is 2. The SMILES string of the molecule is CC(CNc1cccc(C(=O)O)n1)CN1CCCCC1. The third kappa shape index (κ3) is 4.49. The number of anilines is 1. The molecule has 1 saturated heterocycles. The van der Waals surface area contributed by atoms with Crippen LogP contribution in [0.2, 0.25) is 0 Å². The number of piperidine rings is 1. The van der Waals surface area contributed by atoms with E-state index in [1.54, 1.807) is 12.1 Å². The molecular weight excluding hydrogens is 254 g/mol. The van der Waals surface area contributed by atoms with Crippen LogP contribution in [0.3, 0.4) is 0 Å². The van der Waals surface area contributed by atoms with E-state index in [4.69, 9.17) is 5.11 Å². The maximum absolute atomic E-state index is 10.9. The van der Waals surface area contributed by atoms with Crippen LogP contribution < -0.4 is 5.32 Å². The maximum Gasteiger partial charge on any atom is 0.354 e. The van der Waals surface area contributed by atoms with Crippen molar-refractivity contribution in [2.24, 2.45) is 5.92 Å². The number of carboxylic acid groups (broad SMARTS) is 1. The Morgan fingerprint density at radius 1 is 1.40 bits per heavy atom. The van der Waals surface area contributed by atoms with Crippen LogP contribution in [0.4, 0.5) is 5.82 Å². The van der Waals surface area contributed by atoms with Gasteiger partial charge in [0.05, 0.1) is 0 Å². The van der Waals surface area contributed by atoms with Crippen LogP contribution >= 0.6 is 0 Å². The predicted octanol–water partition coefficient (Wildman–Crippen LogP) is 2.31. The molecule has 1 fully saturated rings.